The lowest BCUT2D eigenvalue weighted by Crippen LogP contribution is -2.53. The van der Waals surface area contributed by atoms with Gasteiger partial charge in [0.1, 0.15) is 0 Å². The molecule has 5 rings (SSSR count). The molecule has 0 spiro atoms. The predicted molar refractivity (Wildman–Crippen MR) is 57.1 cm³/mol. The molecule has 2 unspecified atom stereocenters. The zero-order valence-corrected chi connectivity index (χ0v) is 9.30. The Balaban J connectivity index is 1.84. The smallest absolute Gasteiger partial charge is 0.233 e. The van der Waals surface area contributed by atoms with Gasteiger partial charge < -0.3 is 0 Å². The minimum Gasteiger partial charge on any atom is -0.285 e. The second kappa shape index (κ2) is 2.58. The van der Waals surface area contributed by atoms with Crippen molar-refractivity contribution in [3.05, 3.63) is 12.2 Å². The molecule has 0 aromatic rings. The van der Waals surface area contributed by atoms with Gasteiger partial charge in [0, 0.05) is 7.05 Å². The summed E-state index contributed by atoms with van der Waals surface area (Å²) in [5.41, 5.74) is 0. The van der Waals surface area contributed by atoms with E-state index in [-0.39, 0.29) is 23.7 Å². The van der Waals surface area contributed by atoms with E-state index in [0.717, 1.165) is 0 Å². The summed E-state index contributed by atoms with van der Waals surface area (Å²) in [7, 11) is 1.64. The molecule has 16 heavy (non-hydrogen) atoms. The molecule has 0 aromatic heterocycles. The number of imide groups is 1. The summed E-state index contributed by atoms with van der Waals surface area (Å²) < 4.78 is 0. The Kier molecular flexibility index (Phi) is 1.45. The van der Waals surface area contributed by atoms with E-state index in [1.54, 1.807) is 7.05 Å². The minimum absolute atomic E-state index is 0.0194. The highest BCUT2D eigenvalue weighted by Crippen LogP contribution is 2.61. The van der Waals surface area contributed by atoms with E-state index in [1.807, 2.05) is 0 Å². The van der Waals surface area contributed by atoms with Gasteiger partial charge in [-0.25, -0.2) is 0 Å². The van der Waals surface area contributed by atoms with Gasteiger partial charge in [-0.3, -0.25) is 14.5 Å². The van der Waals surface area contributed by atoms with Gasteiger partial charge in [0.25, 0.3) is 0 Å². The van der Waals surface area contributed by atoms with Crippen LogP contribution in [0.1, 0.15) is 12.8 Å². The number of nitrogens with zero attached hydrogens (tertiary/aromatic N) is 1. The predicted octanol–water partition coefficient (Wildman–Crippen LogP) is 1.06. The fourth-order valence-corrected chi connectivity index (χ4v) is 4.49. The number of amides is 2. The van der Waals surface area contributed by atoms with Gasteiger partial charge in [-0.05, 0) is 36.5 Å². The Hall–Kier alpha value is -1.12. The van der Waals surface area contributed by atoms with Crippen LogP contribution in [0.2, 0.25) is 0 Å². The average Bonchev–Trinajstić information content (AvgIpc) is 2.45. The standard InChI is InChI=1S/C13H15NO2/c1-14-12(15)10-8-4-5-9(11(10)13(14)16)7-3-2-6(7)8/h4-11H,2-3H2,1H3/t6-,7+,8?,9?,10-,11+. The van der Waals surface area contributed by atoms with Crippen molar-refractivity contribution in [2.75, 3.05) is 7.05 Å². The van der Waals surface area contributed by atoms with E-state index in [1.165, 1.54) is 17.7 Å². The molecule has 1 saturated heterocycles. The van der Waals surface area contributed by atoms with Crippen LogP contribution in [-0.2, 0) is 9.59 Å². The van der Waals surface area contributed by atoms with Crippen LogP contribution in [0.15, 0.2) is 12.2 Å². The van der Waals surface area contributed by atoms with Crippen molar-refractivity contribution >= 4 is 11.8 Å². The quantitative estimate of drug-likeness (QED) is 0.449. The Morgan fingerprint density at radius 2 is 1.44 bits per heavy atom. The first-order valence-corrected chi connectivity index (χ1v) is 6.20. The Morgan fingerprint density at radius 1 is 1.00 bits per heavy atom. The summed E-state index contributed by atoms with van der Waals surface area (Å²) in [6, 6.07) is 0. The van der Waals surface area contributed by atoms with Crippen LogP contribution >= 0.6 is 0 Å². The number of hydrogen-bond donors (Lipinski definition) is 0. The number of allylic oxidation sites excluding steroid dienone is 2. The lowest BCUT2D eigenvalue weighted by Gasteiger charge is -2.55. The van der Waals surface area contributed by atoms with Gasteiger partial charge in [0.2, 0.25) is 11.8 Å². The fourth-order valence-electron chi connectivity index (χ4n) is 4.49. The molecular weight excluding hydrogens is 202 g/mol. The summed E-state index contributed by atoms with van der Waals surface area (Å²) in [5.74, 6) is 2.20. The van der Waals surface area contributed by atoms with E-state index in [9.17, 15) is 9.59 Å². The van der Waals surface area contributed by atoms with Crippen molar-refractivity contribution in [2.45, 2.75) is 12.8 Å². The fraction of sp³-hybridized carbons (Fsp3) is 0.692. The summed E-state index contributed by atoms with van der Waals surface area (Å²) in [5, 5.41) is 0. The molecule has 3 fully saturated rings. The van der Waals surface area contributed by atoms with Crippen molar-refractivity contribution in [3.8, 4) is 0 Å². The third-order valence-corrected chi connectivity index (χ3v) is 5.38. The number of rotatable bonds is 0. The molecule has 1 aliphatic heterocycles. The molecule has 1 heterocycles. The van der Waals surface area contributed by atoms with Crippen LogP contribution in [0.5, 0.6) is 0 Å². The second-order valence-electron chi connectivity index (χ2n) is 5.73. The molecule has 0 radical (unpaired) electrons. The van der Waals surface area contributed by atoms with Crippen molar-refractivity contribution in [1.82, 2.24) is 4.90 Å². The summed E-state index contributed by atoms with van der Waals surface area (Å²) >= 11 is 0. The number of likely N-dealkylation sites (tertiary alicyclic amines) is 1. The van der Waals surface area contributed by atoms with Crippen LogP contribution < -0.4 is 0 Å². The molecule has 2 amide bonds. The van der Waals surface area contributed by atoms with Crippen molar-refractivity contribution in [1.29, 1.82) is 0 Å². The number of carbonyl (C=O) groups excluding carboxylic acids is 2. The van der Waals surface area contributed by atoms with E-state index in [0.29, 0.717) is 23.7 Å². The lowest BCUT2D eigenvalue weighted by molar-refractivity contribution is -0.138. The molecule has 3 heteroatoms. The zero-order valence-electron chi connectivity index (χ0n) is 9.30. The molecule has 5 aliphatic rings. The normalized spacial score (nSPS) is 52.7. The van der Waals surface area contributed by atoms with Crippen molar-refractivity contribution < 1.29 is 9.59 Å². The topological polar surface area (TPSA) is 37.4 Å². The first kappa shape index (κ1) is 8.97. The molecule has 0 aromatic carbocycles. The van der Waals surface area contributed by atoms with Gasteiger partial charge in [-0.1, -0.05) is 12.2 Å². The number of carbonyl (C=O) groups is 2. The van der Waals surface area contributed by atoms with Crippen LogP contribution in [-0.4, -0.2) is 23.8 Å². The zero-order chi connectivity index (χ0) is 11.0. The highest BCUT2D eigenvalue weighted by atomic mass is 16.2. The van der Waals surface area contributed by atoms with Gasteiger partial charge in [0.05, 0.1) is 11.8 Å². The van der Waals surface area contributed by atoms with Crippen molar-refractivity contribution in [2.24, 2.45) is 35.5 Å². The first-order valence-electron chi connectivity index (χ1n) is 6.20. The van der Waals surface area contributed by atoms with Crippen molar-refractivity contribution in [3.63, 3.8) is 0 Å². The van der Waals surface area contributed by atoms with E-state index >= 15 is 0 Å². The van der Waals surface area contributed by atoms with Gasteiger partial charge in [-0.2, -0.15) is 0 Å². The monoisotopic (exact) mass is 217 g/mol. The Labute approximate surface area is 94.5 Å². The highest BCUT2D eigenvalue weighted by molar-refractivity contribution is 6.05. The van der Waals surface area contributed by atoms with Gasteiger partial charge in [-0.15, -0.1) is 0 Å². The molecule has 84 valence electrons. The molecule has 3 nitrogen and oxygen atoms in total. The average molecular weight is 217 g/mol. The Bertz CT molecular complexity index is 390. The van der Waals surface area contributed by atoms with E-state index in [4.69, 9.17) is 0 Å². The number of hydrogen-bond acceptors (Lipinski definition) is 2. The minimum atomic E-state index is -0.0194. The third kappa shape index (κ3) is 0.761. The van der Waals surface area contributed by atoms with Crippen LogP contribution in [0.25, 0.3) is 0 Å². The molecule has 2 saturated carbocycles. The molecule has 6 atom stereocenters. The summed E-state index contributed by atoms with van der Waals surface area (Å²) in [6.07, 6.45) is 6.95. The van der Waals surface area contributed by atoms with Crippen LogP contribution in [0, 0.1) is 35.5 Å². The second-order valence-corrected chi connectivity index (χ2v) is 5.73. The highest BCUT2D eigenvalue weighted by Gasteiger charge is 2.63. The van der Waals surface area contributed by atoms with Crippen LogP contribution in [0.3, 0.4) is 0 Å². The maximum Gasteiger partial charge on any atom is 0.233 e. The van der Waals surface area contributed by atoms with E-state index < -0.39 is 0 Å². The lowest BCUT2D eigenvalue weighted by atomic mass is 9.47. The third-order valence-electron chi connectivity index (χ3n) is 5.38. The van der Waals surface area contributed by atoms with Gasteiger partial charge in [0.15, 0.2) is 0 Å². The summed E-state index contributed by atoms with van der Waals surface area (Å²) in [6.45, 7) is 0. The maximum atomic E-state index is 12.1. The Morgan fingerprint density at radius 3 is 1.81 bits per heavy atom. The van der Waals surface area contributed by atoms with Crippen LogP contribution in [0.4, 0.5) is 0 Å². The molecule has 4 aliphatic carbocycles. The molecule has 2 bridgehead atoms. The maximum absolute atomic E-state index is 12.1. The largest absolute Gasteiger partial charge is 0.285 e. The molecule has 0 N–H and O–H groups in total. The summed E-state index contributed by atoms with van der Waals surface area (Å²) in [4.78, 5) is 25.5. The van der Waals surface area contributed by atoms with E-state index in [2.05, 4.69) is 12.2 Å². The molecular formula is C13H15NO2. The first-order chi connectivity index (χ1) is 7.70. The SMILES string of the molecule is CN1C(=O)[C@@H]2C3C=CC([C@H]4CC[C@@H]34)[C@@H]2C1=O. The van der Waals surface area contributed by atoms with Gasteiger partial charge >= 0.3 is 0 Å².